The summed E-state index contributed by atoms with van der Waals surface area (Å²) in [5, 5.41) is 9.20. The molecule has 0 aliphatic rings. The smallest absolute Gasteiger partial charge is 0.158 e. The normalized spacial score (nSPS) is 10.2. The fraction of sp³-hybridized carbons (Fsp3) is 0.417. The first-order valence-corrected chi connectivity index (χ1v) is 5.53. The summed E-state index contributed by atoms with van der Waals surface area (Å²) in [4.78, 5) is 10.8. The van der Waals surface area contributed by atoms with Gasteiger partial charge < -0.3 is 9.84 Å². The molecular formula is C12H15ClO3. The lowest BCUT2D eigenvalue weighted by atomic mass is 10.2. The van der Waals surface area contributed by atoms with Crippen LogP contribution in [0.25, 0.3) is 0 Å². The molecular weight excluding hydrogens is 228 g/mol. The van der Waals surface area contributed by atoms with Gasteiger partial charge in [0.25, 0.3) is 0 Å². The number of carbonyl (C=O) groups excluding carboxylic acids is 1. The zero-order chi connectivity index (χ0) is 12.0. The Bertz CT molecular complexity index is 363. The lowest BCUT2D eigenvalue weighted by Crippen LogP contribution is -2.06. The van der Waals surface area contributed by atoms with Gasteiger partial charge in [0.2, 0.25) is 0 Å². The minimum Gasteiger partial charge on any atom is -0.493 e. The second-order valence-electron chi connectivity index (χ2n) is 3.56. The van der Waals surface area contributed by atoms with Crippen LogP contribution in [0.2, 0.25) is 5.02 Å². The minimum absolute atomic E-state index is 0.156. The van der Waals surface area contributed by atoms with Crippen LogP contribution in [0.4, 0.5) is 0 Å². The van der Waals surface area contributed by atoms with Crippen LogP contribution in [0.3, 0.4) is 0 Å². The number of carbonyl (C=O) groups is 1. The zero-order valence-electron chi connectivity index (χ0n) is 9.20. The number of benzene rings is 1. The molecule has 0 aromatic heterocycles. The van der Waals surface area contributed by atoms with Crippen molar-refractivity contribution in [1.29, 1.82) is 0 Å². The van der Waals surface area contributed by atoms with E-state index in [0.717, 1.165) is 11.3 Å². The molecule has 0 aliphatic heterocycles. The molecule has 4 heteroatoms. The number of Topliss-reactive ketones (excluding diaryl/α,β-unsaturated/α-hetero) is 1. The third-order valence-electron chi connectivity index (χ3n) is 2.17. The highest BCUT2D eigenvalue weighted by atomic mass is 35.5. The maximum Gasteiger partial charge on any atom is 0.158 e. The van der Waals surface area contributed by atoms with Gasteiger partial charge in [0.1, 0.15) is 12.4 Å². The van der Waals surface area contributed by atoms with E-state index in [1.165, 1.54) is 0 Å². The Hall–Kier alpha value is -1.06. The number of ether oxygens (including phenoxy) is 1. The number of hydrogen-bond donors (Lipinski definition) is 1. The number of aryl methyl sites for hydroxylation is 1. The molecule has 1 aromatic rings. The van der Waals surface area contributed by atoms with E-state index in [1.54, 1.807) is 6.07 Å². The van der Waals surface area contributed by atoms with Gasteiger partial charge in [-0.2, -0.15) is 0 Å². The van der Waals surface area contributed by atoms with Crippen molar-refractivity contribution in [3.8, 4) is 5.75 Å². The van der Waals surface area contributed by atoms with E-state index in [2.05, 4.69) is 0 Å². The molecule has 1 rings (SSSR count). The minimum atomic E-state index is -0.389. The van der Waals surface area contributed by atoms with Crippen molar-refractivity contribution < 1.29 is 14.6 Å². The van der Waals surface area contributed by atoms with Crippen LogP contribution >= 0.6 is 11.6 Å². The van der Waals surface area contributed by atoms with Crippen molar-refractivity contribution in [3.05, 3.63) is 28.8 Å². The van der Waals surface area contributed by atoms with Crippen LogP contribution in [0, 0.1) is 6.92 Å². The number of aliphatic hydroxyl groups is 1. The van der Waals surface area contributed by atoms with E-state index in [1.807, 2.05) is 19.1 Å². The van der Waals surface area contributed by atoms with Crippen LogP contribution in [-0.2, 0) is 4.79 Å². The SMILES string of the molecule is Cc1cc(Cl)ccc1OCCCC(=O)CO. The lowest BCUT2D eigenvalue weighted by Gasteiger charge is -2.08. The second-order valence-corrected chi connectivity index (χ2v) is 4.00. The van der Waals surface area contributed by atoms with Crippen molar-refractivity contribution in [2.45, 2.75) is 19.8 Å². The molecule has 88 valence electrons. The Morgan fingerprint density at radius 1 is 1.50 bits per heavy atom. The van der Waals surface area contributed by atoms with E-state index in [0.29, 0.717) is 24.5 Å². The first-order chi connectivity index (χ1) is 7.63. The quantitative estimate of drug-likeness (QED) is 0.779. The van der Waals surface area contributed by atoms with Gasteiger partial charge in [-0.1, -0.05) is 11.6 Å². The second kappa shape index (κ2) is 6.51. The first-order valence-electron chi connectivity index (χ1n) is 5.15. The molecule has 1 aromatic carbocycles. The van der Waals surface area contributed by atoms with E-state index in [4.69, 9.17) is 21.4 Å². The highest BCUT2D eigenvalue weighted by molar-refractivity contribution is 6.30. The van der Waals surface area contributed by atoms with Gasteiger partial charge in [-0.3, -0.25) is 4.79 Å². The van der Waals surface area contributed by atoms with Gasteiger partial charge >= 0.3 is 0 Å². The maximum atomic E-state index is 10.8. The number of aliphatic hydroxyl groups excluding tert-OH is 1. The van der Waals surface area contributed by atoms with Crippen LogP contribution in [0.1, 0.15) is 18.4 Å². The molecule has 0 amide bonds. The third kappa shape index (κ3) is 4.21. The van der Waals surface area contributed by atoms with Gasteiger partial charge in [-0.05, 0) is 37.1 Å². The summed E-state index contributed by atoms with van der Waals surface area (Å²) < 4.78 is 5.49. The van der Waals surface area contributed by atoms with Gasteiger partial charge in [0.15, 0.2) is 5.78 Å². The summed E-state index contributed by atoms with van der Waals surface area (Å²) >= 11 is 5.81. The van der Waals surface area contributed by atoms with E-state index < -0.39 is 0 Å². The van der Waals surface area contributed by atoms with Crippen LogP contribution < -0.4 is 4.74 Å². The van der Waals surface area contributed by atoms with Crippen molar-refractivity contribution in [2.24, 2.45) is 0 Å². The average molecular weight is 243 g/mol. The highest BCUT2D eigenvalue weighted by Gasteiger charge is 2.02. The number of halogens is 1. The highest BCUT2D eigenvalue weighted by Crippen LogP contribution is 2.21. The molecule has 0 heterocycles. The number of ketones is 1. The summed E-state index contributed by atoms with van der Waals surface area (Å²) in [6.45, 7) is 1.99. The van der Waals surface area contributed by atoms with Gasteiger partial charge in [0, 0.05) is 11.4 Å². The lowest BCUT2D eigenvalue weighted by molar-refractivity contribution is -0.121. The van der Waals surface area contributed by atoms with E-state index >= 15 is 0 Å². The Morgan fingerprint density at radius 2 is 2.25 bits per heavy atom. The van der Waals surface area contributed by atoms with Crippen LogP contribution in [0.5, 0.6) is 5.75 Å². The Morgan fingerprint density at radius 3 is 2.88 bits per heavy atom. The molecule has 0 saturated carbocycles. The fourth-order valence-corrected chi connectivity index (χ4v) is 1.53. The molecule has 1 N–H and O–H groups in total. The fourth-order valence-electron chi connectivity index (χ4n) is 1.31. The molecule has 0 aliphatic carbocycles. The Kier molecular flexibility index (Phi) is 5.29. The van der Waals surface area contributed by atoms with Gasteiger partial charge in [-0.25, -0.2) is 0 Å². The van der Waals surface area contributed by atoms with Gasteiger partial charge in [0.05, 0.1) is 6.61 Å². The molecule has 0 saturated heterocycles. The summed E-state index contributed by atoms with van der Waals surface area (Å²) in [7, 11) is 0. The summed E-state index contributed by atoms with van der Waals surface area (Å²) in [6.07, 6.45) is 0.963. The molecule has 0 fully saturated rings. The number of rotatable bonds is 6. The van der Waals surface area contributed by atoms with E-state index in [9.17, 15) is 4.79 Å². The molecule has 0 radical (unpaired) electrons. The predicted octanol–water partition coefficient (Wildman–Crippen LogP) is 2.37. The largest absolute Gasteiger partial charge is 0.493 e. The molecule has 0 unspecified atom stereocenters. The topological polar surface area (TPSA) is 46.5 Å². The monoisotopic (exact) mass is 242 g/mol. The maximum absolute atomic E-state index is 10.8. The third-order valence-corrected chi connectivity index (χ3v) is 2.41. The summed E-state index contributed by atoms with van der Waals surface area (Å²) in [5.74, 6) is 0.622. The van der Waals surface area contributed by atoms with E-state index in [-0.39, 0.29) is 12.4 Å². The van der Waals surface area contributed by atoms with Crippen molar-refractivity contribution in [3.63, 3.8) is 0 Å². The van der Waals surface area contributed by atoms with Crippen LogP contribution in [-0.4, -0.2) is 24.1 Å². The molecule has 0 spiro atoms. The average Bonchev–Trinajstić information content (AvgIpc) is 2.26. The molecule has 3 nitrogen and oxygen atoms in total. The zero-order valence-corrected chi connectivity index (χ0v) is 9.96. The summed E-state index contributed by atoms with van der Waals surface area (Å²) in [6, 6.07) is 5.41. The van der Waals surface area contributed by atoms with Crippen LogP contribution in [0.15, 0.2) is 18.2 Å². The Balaban J connectivity index is 2.35. The predicted molar refractivity (Wildman–Crippen MR) is 63.0 cm³/mol. The first kappa shape index (κ1) is 13.0. The number of hydrogen-bond acceptors (Lipinski definition) is 3. The summed E-state index contributed by atoms with van der Waals surface area (Å²) in [5.41, 5.74) is 0.973. The molecule has 16 heavy (non-hydrogen) atoms. The van der Waals surface area contributed by atoms with Gasteiger partial charge in [-0.15, -0.1) is 0 Å². The molecule has 0 bridgehead atoms. The standard InChI is InChI=1S/C12H15ClO3/c1-9-7-10(13)4-5-12(9)16-6-2-3-11(15)8-14/h4-5,7,14H,2-3,6,8H2,1H3. The molecule has 0 atom stereocenters. The van der Waals surface area contributed by atoms with Crippen molar-refractivity contribution in [2.75, 3.05) is 13.2 Å². The van der Waals surface area contributed by atoms with Crippen molar-refractivity contribution in [1.82, 2.24) is 0 Å². The van der Waals surface area contributed by atoms with Crippen molar-refractivity contribution >= 4 is 17.4 Å². The Labute approximate surface area is 100.0 Å².